The molecule has 0 heterocycles. The molecular formula is C16H16BrCl2N. The van der Waals surface area contributed by atoms with E-state index in [-0.39, 0.29) is 6.04 Å². The van der Waals surface area contributed by atoms with Crippen molar-refractivity contribution in [1.29, 1.82) is 0 Å². The molecule has 0 bridgehead atoms. The number of hydrogen-bond acceptors (Lipinski definition) is 1. The van der Waals surface area contributed by atoms with E-state index in [2.05, 4.69) is 46.4 Å². The first-order chi connectivity index (χ1) is 9.52. The van der Waals surface area contributed by atoms with Crippen LogP contribution in [0.15, 0.2) is 40.9 Å². The van der Waals surface area contributed by atoms with Crippen molar-refractivity contribution in [3.05, 3.63) is 67.6 Å². The van der Waals surface area contributed by atoms with Crippen molar-refractivity contribution < 1.29 is 0 Å². The Morgan fingerprint density at radius 1 is 1.15 bits per heavy atom. The fourth-order valence-corrected chi connectivity index (χ4v) is 3.07. The van der Waals surface area contributed by atoms with Crippen LogP contribution in [0, 0.1) is 6.92 Å². The first-order valence-electron chi connectivity index (χ1n) is 6.39. The van der Waals surface area contributed by atoms with Crippen molar-refractivity contribution in [3.63, 3.8) is 0 Å². The number of likely N-dealkylation sites (N-methyl/N-ethyl adjacent to an activating group) is 1. The van der Waals surface area contributed by atoms with Crippen LogP contribution in [0.25, 0.3) is 0 Å². The van der Waals surface area contributed by atoms with Crippen LogP contribution in [0.4, 0.5) is 0 Å². The van der Waals surface area contributed by atoms with Crippen LogP contribution in [-0.2, 0) is 6.42 Å². The lowest BCUT2D eigenvalue weighted by Gasteiger charge is -2.19. The summed E-state index contributed by atoms with van der Waals surface area (Å²) in [7, 11) is 1.97. The second-order valence-electron chi connectivity index (χ2n) is 4.77. The van der Waals surface area contributed by atoms with Crippen LogP contribution in [0.5, 0.6) is 0 Å². The van der Waals surface area contributed by atoms with Gasteiger partial charge in [-0.1, -0.05) is 63.4 Å². The molecule has 2 aromatic rings. The largest absolute Gasteiger partial charge is 0.313 e. The summed E-state index contributed by atoms with van der Waals surface area (Å²) in [5, 5.41) is 4.55. The Kier molecular flexibility index (Phi) is 5.50. The molecule has 1 N–H and O–H groups in total. The molecule has 1 unspecified atom stereocenters. The van der Waals surface area contributed by atoms with E-state index in [0.29, 0.717) is 10.0 Å². The molecule has 0 saturated heterocycles. The third-order valence-electron chi connectivity index (χ3n) is 3.37. The van der Waals surface area contributed by atoms with Gasteiger partial charge in [0.05, 0.1) is 10.0 Å². The number of hydrogen-bond donors (Lipinski definition) is 1. The van der Waals surface area contributed by atoms with Gasteiger partial charge in [0.25, 0.3) is 0 Å². The Morgan fingerprint density at radius 3 is 2.55 bits per heavy atom. The highest BCUT2D eigenvalue weighted by atomic mass is 79.9. The zero-order chi connectivity index (χ0) is 14.7. The van der Waals surface area contributed by atoms with Crippen molar-refractivity contribution in [3.8, 4) is 0 Å². The number of aryl methyl sites for hydroxylation is 1. The highest BCUT2D eigenvalue weighted by molar-refractivity contribution is 9.10. The molecule has 0 aliphatic carbocycles. The van der Waals surface area contributed by atoms with E-state index < -0.39 is 0 Å². The van der Waals surface area contributed by atoms with E-state index in [1.54, 1.807) is 0 Å². The summed E-state index contributed by atoms with van der Waals surface area (Å²) in [5.74, 6) is 0. The van der Waals surface area contributed by atoms with E-state index in [1.165, 1.54) is 11.1 Å². The lowest BCUT2D eigenvalue weighted by Crippen LogP contribution is -2.19. The average molecular weight is 373 g/mol. The molecule has 0 aliphatic rings. The predicted molar refractivity (Wildman–Crippen MR) is 90.8 cm³/mol. The molecule has 20 heavy (non-hydrogen) atoms. The van der Waals surface area contributed by atoms with Gasteiger partial charge in [0.15, 0.2) is 0 Å². The molecule has 0 aliphatic heterocycles. The van der Waals surface area contributed by atoms with Gasteiger partial charge >= 0.3 is 0 Å². The number of rotatable bonds is 4. The monoisotopic (exact) mass is 371 g/mol. The maximum absolute atomic E-state index is 6.08. The van der Waals surface area contributed by atoms with Crippen molar-refractivity contribution in [2.24, 2.45) is 0 Å². The average Bonchev–Trinajstić information content (AvgIpc) is 2.43. The molecule has 0 radical (unpaired) electrons. The minimum atomic E-state index is 0.224. The molecular weight excluding hydrogens is 357 g/mol. The maximum atomic E-state index is 6.08. The fourth-order valence-electron chi connectivity index (χ4n) is 2.21. The molecule has 0 spiro atoms. The summed E-state index contributed by atoms with van der Waals surface area (Å²) in [5.41, 5.74) is 3.64. The Bertz CT molecular complexity index is 613. The highest BCUT2D eigenvalue weighted by Gasteiger charge is 2.14. The second-order valence-corrected chi connectivity index (χ2v) is 6.38. The summed E-state index contributed by atoms with van der Waals surface area (Å²) >= 11 is 15.7. The number of benzene rings is 2. The van der Waals surface area contributed by atoms with Gasteiger partial charge in [0.1, 0.15) is 0 Å². The minimum absolute atomic E-state index is 0.224. The van der Waals surface area contributed by atoms with Gasteiger partial charge < -0.3 is 5.32 Å². The van der Waals surface area contributed by atoms with Gasteiger partial charge in [-0.05, 0) is 49.2 Å². The zero-order valence-corrected chi connectivity index (χ0v) is 14.5. The normalized spacial score (nSPS) is 12.4. The van der Waals surface area contributed by atoms with Crippen LogP contribution in [-0.4, -0.2) is 7.05 Å². The van der Waals surface area contributed by atoms with E-state index in [1.807, 2.05) is 25.2 Å². The minimum Gasteiger partial charge on any atom is -0.313 e. The molecule has 1 atom stereocenters. The molecule has 4 heteroatoms. The number of halogens is 3. The van der Waals surface area contributed by atoms with Crippen LogP contribution in [0.2, 0.25) is 10.0 Å². The molecule has 1 nitrogen and oxygen atoms in total. The van der Waals surface area contributed by atoms with Gasteiger partial charge in [0, 0.05) is 10.5 Å². The fraction of sp³-hybridized carbons (Fsp3) is 0.250. The van der Waals surface area contributed by atoms with E-state index >= 15 is 0 Å². The maximum Gasteiger partial charge on any atom is 0.0595 e. The molecule has 0 saturated carbocycles. The topological polar surface area (TPSA) is 12.0 Å². The molecule has 2 aromatic carbocycles. The van der Waals surface area contributed by atoms with Crippen molar-refractivity contribution in [2.45, 2.75) is 19.4 Å². The Labute approximate surface area is 138 Å². The van der Waals surface area contributed by atoms with E-state index in [4.69, 9.17) is 23.2 Å². The van der Waals surface area contributed by atoms with Crippen molar-refractivity contribution in [2.75, 3.05) is 7.05 Å². The summed E-state index contributed by atoms with van der Waals surface area (Å²) in [6.07, 6.45) is 0.857. The molecule has 106 valence electrons. The lowest BCUT2D eigenvalue weighted by molar-refractivity contribution is 0.589. The standard InChI is InChI=1S/C16H16BrCl2N/c1-10-4-3-5-12(16(10)17)15(20-2)9-11-6-7-13(18)14(19)8-11/h3-8,15,20H,9H2,1-2H3. The second kappa shape index (κ2) is 6.95. The summed E-state index contributed by atoms with van der Waals surface area (Å²) < 4.78 is 1.15. The number of nitrogens with one attached hydrogen (secondary N) is 1. The summed E-state index contributed by atoms with van der Waals surface area (Å²) in [6.45, 7) is 2.10. The Balaban J connectivity index is 2.28. The Hall–Kier alpha value is -0.540. The quantitative estimate of drug-likeness (QED) is 0.739. The van der Waals surface area contributed by atoms with Crippen LogP contribution >= 0.6 is 39.1 Å². The van der Waals surface area contributed by atoms with Crippen LogP contribution in [0.1, 0.15) is 22.7 Å². The molecule has 0 aromatic heterocycles. The van der Waals surface area contributed by atoms with Crippen LogP contribution < -0.4 is 5.32 Å². The molecule has 0 fully saturated rings. The highest BCUT2D eigenvalue weighted by Crippen LogP contribution is 2.30. The zero-order valence-electron chi connectivity index (χ0n) is 11.4. The molecule has 2 rings (SSSR count). The van der Waals surface area contributed by atoms with Crippen molar-refractivity contribution in [1.82, 2.24) is 5.32 Å². The summed E-state index contributed by atoms with van der Waals surface area (Å²) in [4.78, 5) is 0. The van der Waals surface area contributed by atoms with Gasteiger partial charge in [-0.15, -0.1) is 0 Å². The third kappa shape index (κ3) is 3.56. The smallest absolute Gasteiger partial charge is 0.0595 e. The Morgan fingerprint density at radius 2 is 1.90 bits per heavy atom. The predicted octanol–water partition coefficient (Wildman–Crippen LogP) is 5.57. The van der Waals surface area contributed by atoms with Crippen molar-refractivity contribution >= 4 is 39.1 Å². The van der Waals surface area contributed by atoms with E-state index in [9.17, 15) is 0 Å². The van der Waals surface area contributed by atoms with E-state index in [0.717, 1.165) is 16.5 Å². The van der Waals surface area contributed by atoms with Gasteiger partial charge in [-0.2, -0.15) is 0 Å². The van der Waals surface area contributed by atoms with Crippen LogP contribution in [0.3, 0.4) is 0 Å². The first kappa shape index (κ1) is 15.8. The SMILES string of the molecule is CNC(Cc1ccc(Cl)c(Cl)c1)c1cccc(C)c1Br. The van der Waals surface area contributed by atoms with Gasteiger partial charge in [-0.25, -0.2) is 0 Å². The van der Waals surface area contributed by atoms with Gasteiger partial charge in [0.2, 0.25) is 0 Å². The third-order valence-corrected chi connectivity index (χ3v) is 5.19. The first-order valence-corrected chi connectivity index (χ1v) is 7.94. The lowest BCUT2D eigenvalue weighted by atomic mass is 9.98. The summed E-state index contributed by atoms with van der Waals surface area (Å²) in [6, 6.07) is 12.3. The van der Waals surface area contributed by atoms with Gasteiger partial charge in [-0.3, -0.25) is 0 Å². The molecule has 0 amide bonds.